The van der Waals surface area contributed by atoms with Crippen molar-refractivity contribution in [3.8, 4) is 0 Å². The summed E-state index contributed by atoms with van der Waals surface area (Å²) in [5.74, 6) is -1.13. The van der Waals surface area contributed by atoms with E-state index >= 15 is 0 Å². The highest BCUT2D eigenvalue weighted by Gasteiger charge is 2.30. The van der Waals surface area contributed by atoms with Crippen LogP contribution < -0.4 is 5.32 Å². The van der Waals surface area contributed by atoms with Gasteiger partial charge in [-0.25, -0.2) is 0 Å². The number of carbonyl (C=O) groups excluding carboxylic acids is 1. The number of rotatable bonds is 3. The van der Waals surface area contributed by atoms with E-state index in [4.69, 9.17) is 9.52 Å². The van der Waals surface area contributed by atoms with Gasteiger partial charge in [-0.05, 0) is 31.4 Å². The van der Waals surface area contributed by atoms with Gasteiger partial charge in [0.2, 0.25) is 0 Å². The Kier molecular flexibility index (Phi) is 2.94. The Morgan fingerprint density at radius 2 is 2.25 bits per heavy atom. The van der Waals surface area contributed by atoms with Crippen molar-refractivity contribution < 1.29 is 19.1 Å². The maximum Gasteiger partial charge on any atom is 0.306 e. The first-order valence-electron chi connectivity index (χ1n) is 5.24. The van der Waals surface area contributed by atoms with E-state index in [9.17, 15) is 9.59 Å². The topological polar surface area (TPSA) is 79.5 Å². The molecule has 1 saturated carbocycles. The van der Waals surface area contributed by atoms with Crippen molar-refractivity contribution in [3.63, 3.8) is 0 Å². The van der Waals surface area contributed by atoms with E-state index < -0.39 is 5.97 Å². The van der Waals surface area contributed by atoms with Crippen LogP contribution in [0.5, 0.6) is 0 Å². The molecule has 1 aromatic rings. The summed E-state index contributed by atoms with van der Waals surface area (Å²) >= 11 is 0. The van der Waals surface area contributed by atoms with E-state index in [1.807, 2.05) is 0 Å². The van der Waals surface area contributed by atoms with Crippen molar-refractivity contribution >= 4 is 11.9 Å². The molecule has 1 aromatic heterocycles. The van der Waals surface area contributed by atoms with Crippen LogP contribution >= 0.6 is 0 Å². The van der Waals surface area contributed by atoms with Crippen molar-refractivity contribution in [2.24, 2.45) is 5.92 Å². The van der Waals surface area contributed by atoms with Gasteiger partial charge < -0.3 is 14.8 Å². The van der Waals surface area contributed by atoms with Gasteiger partial charge >= 0.3 is 5.97 Å². The molecule has 16 heavy (non-hydrogen) atoms. The number of hydrogen-bond donors (Lipinski definition) is 2. The fraction of sp³-hybridized carbons (Fsp3) is 0.455. The molecule has 0 saturated heterocycles. The number of aliphatic carboxylic acids is 1. The monoisotopic (exact) mass is 223 g/mol. The molecule has 5 nitrogen and oxygen atoms in total. The van der Waals surface area contributed by atoms with Crippen LogP contribution in [-0.2, 0) is 4.79 Å². The lowest BCUT2D eigenvalue weighted by molar-refractivity contribution is -0.141. The highest BCUT2D eigenvalue weighted by atomic mass is 16.4. The average molecular weight is 223 g/mol. The molecule has 1 amide bonds. The predicted molar refractivity (Wildman–Crippen MR) is 54.9 cm³/mol. The molecule has 0 bridgehead atoms. The molecule has 0 spiro atoms. The smallest absolute Gasteiger partial charge is 0.306 e. The lowest BCUT2D eigenvalue weighted by Crippen LogP contribution is -2.33. The molecule has 0 aliphatic heterocycles. The highest BCUT2D eigenvalue weighted by Crippen LogP contribution is 2.25. The number of furan rings is 1. The number of carboxylic acid groups (broad SMARTS) is 1. The van der Waals surface area contributed by atoms with Crippen molar-refractivity contribution in [1.29, 1.82) is 0 Å². The first-order valence-corrected chi connectivity index (χ1v) is 5.24. The van der Waals surface area contributed by atoms with Crippen molar-refractivity contribution in [1.82, 2.24) is 5.32 Å². The Morgan fingerprint density at radius 1 is 1.44 bits per heavy atom. The van der Waals surface area contributed by atoms with Gasteiger partial charge in [0.1, 0.15) is 0 Å². The maximum absolute atomic E-state index is 11.6. The molecule has 2 unspecified atom stereocenters. The summed E-state index contributed by atoms with van der Waals surface area (Å²) in [5.41, 5.74) is 0. The second-order valence-corrected chi connectivity index (χ2v) is 4.00. The molecular formula is C11H13NO4. The number of nitrogens with one attached hydrogen (secondary N) is 1. The van der Waals surface area contributed by atoms with E-state index in [0.29, 0.717) is 19.3 Å². The molecule has 86 valence electrons. The van der Waals surface area contributed by atoms with Crippen LogP contribution in [0.15, 0.2) is 22.8 Å². The van der Waals surface area contributed by atoms with E-state index in [0.717, 1.165) is 0 Å². The Hall–Kier alpha value is -1.78. The van der Waals surface area contributed by atoms with Gasteiger partial charge in [0.15, 0.2) is 5.76 Å². The summed E-state index contributed by atoms with van der Waals surface area (Å²) in [6.45, 7) is 0. The van der Waals surface area contributed by atoms with Crippen LogP contribution in [0.4, 0.5) is 0 Å². The van der Waals surface area contributed by atoms with Crippen LogP contribution in [-0.4, -0.2) is 23.0 Å². The SMILES string of the molecule is O=C(NC1CCC(C(=O)O)C1)c1ccco1. The first kappa shape index (κ1) is 10.7. The standard InChI is InChI=1S/C11H13NO4/c13-10(9-2-1-5-16-9)12-8-4-3-7(6-8)11(14)15/h1-2,5,7-8H,3-4,6H2,(H,12,13)(H,14,15). The zero-order valence-corrected chi connectivity index (χ0v) is 8.68. The van der Waals surface area contributed by atoms with Crippen LogP contribution in [0.2, 0.25) is 0 Å². The van der Waals surface area contributed by atoms with E-state index in [1.165, 1.54) is 6.26 Å². The van der Waals surface area contributed by atoms with Gasteiger partial charge in [-0.15, -0.1) is 0 Å². The molecule has 2 atom stereocenters. The summed E-state index contributed by atoms with van der Waals surface area (Å²) < 4.78 is 4.95. The second kappa shape index (κ2) is 4.38. The lowest BCUT2D eigenvalue weighted by atomic mass is 10.1. The summed E-state index contributed by atoms with van der Waals surface area (Å²) in [4.78, 5) is 22.3. The Balaban J connectivity index is 1.88. The zero-order chi connectivity index (χ0) is 11.5. The molecule has 0 aromatic carbocycles. The minimum absolute atomic E-state index is 0.0568. The third-order valence-electron chi connectivity index (χ3n) is 2.86. The fourth-order valence-corrected chi connectivity index (χ4v) is 2.00. The first-order chi connectivity index (χ1) is 7.66. The van der Waals surface area contributed by atoms with Crippen LogP contribution in [0, 0.1) is 5.92 Å². The number of hydrogen-bond acceptors (Lipinski definition) is 3. The summed E-state index contributed by atoms with van der Waals surface area (Å²) in [6.07, 6.45) is 3.27. The minimum atomic E-state index is -0.783. The third-order valence-corrected chi connectivity index (χ3v) is 2.86. The van der Waals surface area contributed by atoms with Gasteiger partial charge in [-0.3, -0.25) is 9.59 Å². The Bertz CT molecular complexity index is 385. The molecule has 1 aliphatic rings. The van der Waals surface area contributed by atoms with Gasteiger partial charge in [0.05, 0.1) is 12.2 Å². The van der Waals surface area contributed by atoms with Crippen LogP contribution in [0.3, 0.4) is 0 Å². The van der Waals surface area contributed by atoms with Gasteiger partial charge in [0.25, 0.3) is 5.91 Å². The summed E-state index contributed by atoms with van der Waals surface area (Å²) in [7, 11) is 0. The normalized spacial score (nSPS) is 24.2. The number of carbonyl (C=O) groups is 2. The largest absolute Gasteiger partial charge is 0.481 e. The number of amides is 1. The molecule has 5 heteroatoms. The molecule has 1 fully saturated rings. The average Bonchev–Trinajstić information content (AvgIpc) is 2.87. The molecule has 2 N–H and O–H groups in total. The zero-order valence-electron chi connectivity index (χ0n) is 8.68. The maximum atomic E-state index is 11.6. The Labute approximate surface area is 92.4 Å². The van der Waals surface area contributed by atoms with Crippen molar-refractivity contribution in [2.75, 3.05) is 0 Å². The van der Waals surface area contributed by atoms with Crippen LogP contribution in [0.1, 0.15) is 29.8 Å². The predicted octanol–water partition coefficient (Wildman–Crippen LogP) is 1.26. The molecule has 1 heterocycles. The molecule has 1 aliphatic carbocycles. The van der Waals surface area contributed by atoms with Gasteiger partial charge in [-0.1, -0.05) is 0 Å². The molecular weight excluding hydrogens is 210 g/mol. The third kappa shape index (κ3) is 2.24. The van der Waals surface area contributed by atoms with E-state index in [-0.39, 0.29) is 23.6 Å². The lowest BCUT2D eigenvalue weighted by Gasteiger charge is -2.10. The summed E-state index contributed by atoms with van der Waals surface area (Å²) in [6, 6.07) is 3.17. The van der Waals surface area contributed by atoms with E-state index in [1.54, 1.807) is 12.1 Å². The van der Waals surface area contributed by atoms with Crippen molar-refractivity contribution in [2.45, 2.75) is 25.3 Å². The summed E-state index contributed by atoms with van der Waals surface area (Å²) in [5, 5.41) is 11.6. The molecule has 2 rings (SSSR count). The quantitative estimate of drug-likeness (QED) is 0.808. The fourth-order valence-electron chi connectivity index (χ4n) is 2.00. The van der Waals surface area contributed by atoms with Gasteiger partial charge in [0, 0.05) is 6.04 Å². The Morgan fingerprint density at radius 3 is 2.81 bits per heavy atom. The van der Waals surface area contributed by atoms with E-state index in [2.05, 4.69) is 5.32 Å². The molecule has 0 radical (unpaired) electrons. The van der Waals surface area contributed by atoms with Crippen LogP contribution in [0.25, 0.3) is 0 Å². The second-order valence-electron chi connectivity index (χ2n) is 4.00. The minimum Gasteiger partial charge on any atom is -0.481 e. The van der Waals surface area contributed by atoms with Crippen molar-refractivity contribution in [3.05, 3.63) is 24.2 Å². The highest BCUT2D eigenvalue weighted by molar-refractivity contribution is 5.91. The number of carboxylic acids is 1. The van der Waals surface area contributed by atoms with Gasteiger partial charge in [-0.2, -0.15) is 0 Å².